The lowest BCUT2D eigenvalue weighted by Crippen LogP contribution is -2.55. The lowest BCUT2D eigenvalue weighted by atomic mass is 10.0. The van der Waals surface area contributed by atoms with Gasteiger partial charge in [0.25, 0.3) is 0 Å². The highest BCUT2D eigenvalue weighted by Crippen LogP contribution is 2.41. The van der Waals surface area contributed by atoms with Crippen LogP contribution in [-0.4, -0.2) is 49.3 Å². The Kier molecular flexibility index (Phi) is 4.96. The van der Waals surface area contributed by atoms with Crippen LogP contribution in [0.25, 0.3) is 0 Å². The van der Waals surface area contributed by atoms with E-state index in [9.17, 15) is 4.57 Å². The maximum absolute atomic E-state index is 11.0. The topological polar surface area (TPSA) is 55.8 Å². The predicted octanol–water partition coefficient (Wildman–Crippen LogP) is 1.62. The number of phosphoric acid groups is 1. The molecule has 0 aromatic rings. The Morgan fingerprint density at radius 3 is 2.13 bits per heavy atom. The molecule has 0 saturated heterocycles. The van der Waals surface area contributed by atoms with Gasteiger partial charge in [-0.2, -0.15) is 0 Å². The Morgan fingerprint density at radius 1 is 1.33 bits per heavy atom. The van der Waals surface area contributed by atoms with Crippen LogP contribution >= 0.6 is 7.82 Å². The average Bonchev–Trinajstić information content (AvgIpc) is 2.01. The molecule has 0 rings (SSSR count). The molecule has 1 unspecified atom stereocenters. The van der Waals surface area contributed by atoms with Crippen molar-refractivity contribution in [3.8, 4) is 0 Å². The molecule has 6 heteroatoms. The minimum absolute atomic E-state index is 0.0654. The molecule has 0 saturated carbocycles. The maximum Gasteiger partial charge on any atom is 0.472 e. The van der Waals surface area contributed by atoms with Gasteiger partial charge in [0.05, 0.1) is 19.6 Å². The molecule has 0 aliphatic rings. The largest absolute Gasteiger partial charge is 0.472 e. The van der Waals surface area contributed by atoms with E-state index in [-0.39, 0.29) is 12.1 Å². The highest BCUT2D eigenvalue weighted by Gasteiger charge is 2.32. The molecule has 5 nitrogen and oxygen atoms in total. The third-order valence-corrected chi connectivity index (χ3v) is 3.92. The van der Waals surface area contributed by atoms with Gasteiger partial charge >= 0.3 is 7.82 Å². The van der Waals surface area contributed by atoms with Crippen LogP contribution in [0.4, 0.5) is 0 Å². The van der Waals surface area contributed by atoms with Crippen molar-refractivity contribution in [3.63, 3.8) is 0 Å². The summed E-state index contributed by atoms with van der Waals surface area (Å²) in [7, 11) is 1.44. The molecular weight excluding hydrogens is 217 g/mol. The molecule has 0 aliphatic heterocycles. The minimum atomic E-state index is -3.82. The fourth-order valence-electron chi connectivity index (χ4n) is 0.773. The molecule has 1 N–H and O–H groups in total. The molecule has 0 radical (unpaired) electrons. The first-order chi connectivity index (χ1) is 6.52. The van der Waals surface area contributed by atoms with Gasteiger partial charge in [0.2, 0.25) is 0 Å². The molecule has 0 amide bonds. The van der Waals surface area contributed by atoms with E-state index in [4.69, 9.17) is 9.42 Å². The first-order valence-electron chi connectivity index (χ1n) is 4.88. The van der Waals surface area contributed by atoms with E-state index in [0.29, 0.717) is 11.0 Å². The summed E-state index contributed by atoms with van der Waals surface area (Å²) in [6.45, 7) is 7.19. The van der Waals surface area contributed by atoms with Gasteiger partial charge < -0.3 is 9.38 Å². The number of phosphoric ester groups is 1. The van der Waals surface area contributed by atoms with Crippen LogP contribution in [0.15, 0.2) is 0 Å². The molecule has 0 aliphatic carbocycles. The van der Waals surface area contributed by atoms with Crippen molar-refractivity contribution in [1.29, 1.82) is 0 Å². The van der Waals surface area contributed by atoms with Gasteiger partial charge in [-0.3, -0.25) is 9.05 Å². The van der Waals surface area contributed by atoms with Gasteiger partial charge in [0, 0.05) is 7.11 Å². The Bertz CT molecular complexity index is 247. The second-order valence-corrected chi connectivity index (χ2v) is 6.62. The minimum Gasteiger partial charge on any atom is -0.322 e. The van der Waals surface area contributed by atoms with Crippen molar-refractivity contribution in [2.75, 3.05) is 34.4 Å². The lowest BCUT2D eigenvalue weighted by molar-refractivity contribution is -0.935. The van der Waals surface area contributed by atoms with Crippen LogP contribution in [0, 0.1) is 0 Å². The summed E-state index contributed by atoms with van der Waals surface area (Å²) in [5, 5.41) is 0. The lowest BCUT2D eigenvalue weighted by Gasteiger charge is -2.42. The molecule has 0 fully saturated rings. The van der Waals surface area contributed by atoms with E-state index in [0.717, 1.165) is 7.11 Å². The van der Waals surface area contributed by atoms with E-state index in [2.05, 4.69) is 39.4 Å². The Labute approximate surface area is 92.2 Å². The van der Waals surface area contributed by atoms with E-state index in [1.165, 1.54) is 0 Å². The van der Waals surface area contributed by atoms with Gasteiger partial charge in [0.1, 0.15) is 13.2 Å². The molecule has 92 valence electrons. The highest BCUT2D eigenvalue weighted by atomic mass is 31.2. The standard InChI is InChI=1S/C9H22NO4P/c1-9(2,3)10(4,5)7-8-14-15(11,12)13-6/h7-8H2,1-6H3/p+1. The van der Waals surface area contributed by atoms with Crippen LogP contribution in [-0.2, 0) is 13.6 Å². The predicted molar refractivity (Wildman–Crippen MR) is 59.5 cm³/mol. The van der Waals surface area contributed by atoms with Crippen molar-refractivity contribution in [3.05, 3.63) is 0 Å². The molecule has 15 heavy (non-hydrogen) atoms. The van der Waals surface area contributed by atoms with Gasteiger partial charge in [-0.15, -0.1) is 0 Å². The Morgan fingerprint density at radius 2 is 1.80 bits per heavy atom. The molecule has 0 heterocycles. The van der Waals surface area contributed by atoms with Crippen molar-refractivity contribution >= 4 is 7.82 Å². The number of hydrogen-bond donors (Lipinski definition) is 1. The first-order valence-corrected chi connectivity index (χ1v) is 6.37. The summed E-state index contributed by atoms with van der Waals surface area (Å²) in [4.78, 5) is 9.03. The van der Waals surface area contributed by atoms with Gasteiger partial charge in [-0.1, -0.05) is 0 Å². The molecule has 0 bridgehead atoms. The summed E-state index contributed by atoms with van der Waals surface area (Å²) in [5.41, 5.74) is 0.0654. The molecule has 1 atom stereocenters. The van der Waals surface area contributed by atoms with Gasteiger partial charge in [0.15, 0.2) is 0 Å². The van der Waals surface area contributed by atoms with E-state index >= 15 is 0 Å². The number of hydrogen-bond acceptors (Lipinski definition) is 3. The van der Waals surface area contributed by atoms with E-state index in [1.807, 2.05) is 0 Å². The first kappa shape index (κ1) is 15.1. The fourth-order valence-corrected chi connectivity index (χ4v) is 1.19. The third kappa shape index (κ3) is 5.09. The number of rotatable bonds is 5. The number of quaternary nitrogens is 1. The van der Waals surface area contributed by atoms with E-state index in [1.54, 1.807) is 0 Å². The van der Waals surface area contributed by atoms with Crippen LogP contribution in [0.2, 0.25) is 0 Å². The van der Waals surface area contributed by atoms with Crippen molar-refractivity contribution < 1.29 is 23.0 Å². The third-order valence-electron chi connectivity index (χ3n) is 2.95. The smallest absolute Gasteiger partial charge is 0.322 e. The zero-order valence-corrected chi connectivity index (χ0v) is 11.4. The average molecular weight is 240 g/mol. The zero-order chi connectivity index (χ0) is 12.3. The normalized spacial score (nSPS) is 17.5. The quantitative estimate of drug-likeness (QED) is 0.586. The van der Waals surface area contributed by atoms with Crippen LogP contribution in [0.3, 0.4) is 0 Å². The number of likely N-dealkylation sites (N-methyl/N-ethyl adjacent to an activating group) is 1. The summed E-state index contributed by atoms with van der Waals surface area (Å²) >= 11 is 0. The van der Waals surface area contributed by atoms with Gasteiger partial charge in [-0.25, -0.2) is 4.57 Å². The molecule has 0 aromatic carbocycles. The highest BCUT2D eigenvalue weighted by molar-refractivity contribution is 7.47. The molecular formula is C9H23NO4P+. The van der Waals surface area contributed by atoms with E-state index < -0.39 is 7.82 Å². The number of nitrogens with zero attached hydrogens (tertiary/aromatic N) is 1. The fraction of sp³-hybridized carbons (Fsp3) is 1.00. The SMILES string of the molecule is COP(=O)(O)OCC[N+](C)(C)C(C)(C)C. The summed E-state index contributed by atoms with van der Waals surface area (Å²) < 4.78 is 20.8. The van der Waals surface area contributed by atoms with Crippen LogP contribution < -0.4 is 0 Å². The monoisotopic (exact) mass is 240 g/mol. The summed E-state index contributed by atoms with van der Waals surface area (Å²) in [6, 6.07) is 0. The Balaban J connectivity index is 4.13. The Hall–Kier alpha value is 0.0700. The summed E-state index contributed by atoms with van der Waals surface area (Å²) in [6.07, 6.45) is 0. The van der Waals surface area contributed by atoms with Crippen molar-refractivity contribution in [1.82, 2.24) is 0 Å². The maximum atomic E-state index is 11.0. The van der Waals surface area contributed by atoms with Crippen LogP contribution in [0.1, 0.15) is 20.8 Å². The van der Waals surface area contributed by atoms with Crippen molar-refractivity contribution in [2.45, 2.75) is 26.3 Å². The zero-order valence-electron chi connectivity index (χ0n) is 10.5. The second kappa shape index (κ2) is 4.93. The molecule has 0 aromatic heterocycles. The molecule has 0 spiro atoms. The van der Waals surface area contributed by atoms with Crippen LogP contribution in [0.5, 0.6) is 0 Å². The van der Waals surface area contributed by atoms with Gasteiger partial charge in [-0.05, 0) is 20.8 Å². The summed E-state index contributed by atoms with van der Waals surface area (Å²) in [5.74, 6) is 0. The second-order valence-electron chi connectivity index (χ2n) is 5.06. The van der Waals surface area contributed by atoms with Crippen molar-refractivity contribution in [2.24, 2.45) is 0 Å².